The van der Waals surface area contributed by atoms with E-state index in [0.717, 1.165) is 36.9 Å². The Balaban J connectivity index is 0.00000225. The normalized spacial score (nSPS) is 34.3. The van der Waals surface area contributed by atoms with Crippen LogP contribution in [0.15, 0.2) is 4.99 Å². The molecule has 0 aromatic heterocycles. The number of hydrogen-bond acceptors (Lipinski definition) is 4. The van der Waals surface area contributed by atoms with Gasteiger partial charge in [0, 0.05) is 37.4 Å². The number of ether oxygens (including phenoxy) is 1. The molecule has 3 unspecified atom stereocenters. The summed E-state index contributed by atoms with van der Waals surface area (Å²) in [5, 5.41) is 17.5. The van der Waals surface area contributed by atoms with Crippen molar-refractivity contribution in [3.63, 3.8) is 0 Å². The fourth-order valence-electron chi connectivity index (χ4n) is 4.61. The van der Waals surface area contributed by atoms with Gasteiger partial charge in [0.05, 0.1) is 11.7 Å². The summed E-state index contributed by atoms with van der Waals surface area (Å²) in [4.78, 5) is 4.39. The SMILES string of the molecule is CCOC1CC(NC(=NC)NCC2(O)CCSC2)C12CCCCC2.I. The monoisotopic (exact) mass is 483 g/mol. The van der Waals surface area contributed by atoms with Crippen LogP contribution in [-0.2, 0) is 4.74 Å². The van der Waals surface area contributed by atoms with Gasteiger partial charge in [-0.3, -0.25) is 4.99 Å². The van der Waals surface area contributed by atoms with Crippen molar-refractivity contribution in [2.75, 3.05) is 31.7 Å². The van der Waals surface area contributed by atoms with Crippen molar-refractivity contribution >= 4 is 41.7 Å². The lowest BCUT2D eigenvalue weighted by atomic mass is 9.55. The Morgan fingerprint density at radius 3 is 2.64 bits per heavy atom. The number of hydrogen-bond donors (Lipinski definition) is 3. The van der Waals surface area contributed by atoms with Crippen LogP contribution >= 0.6 is 35.7 Å². The van der Waals surface area contributed by atoms with Crippen LogP contribution < -0.4 is 10.6 Å². The number of nitrogens with one attached hydrogen (secondary N) is 2. The Bertz CT molecular complexity index is 452. The number of nitrogens with zero attached hydrogens (tertiary/aromatic N) is 1. The summed E-state index contributed by atoms with van der Waals surface area (Å²) in [7, 11) is 1.81. The minimum atomic E-state index is -0.585. The van der Waals surface area contributed by atoms with E-state index >= 15 is 0 Å². The van der Waals surface area contributed by atoms with E-state index in [4.69, 9.17) is 4.74 Å². The minimum absolute atomic E-state index is 0. The van der Waals surface area contributed by atoms with E-state index in [1.165, 1.54) is 32.1 Å². The van der Waals surface area contributed by atoms with E-state index in [-0.39, 0.29) is 29.4 Å². The molecule has 3 aliphatic rings. The number of aliphatic imine (C=N–C) groups is 1. The van der Waals surface area contributed by atoms with Crippen molar-refractivity contribution in [1.29, 1.82) is 0 Å². The first-order chi connectivity index (χ1) is 11.6. The number of halogens is 1. The van der Waals surface area contributed by atoms with Crippen LogP contribution in [-0.4, -0.2) is 60.5 Å². The highest BCUT2D eigenvalue weighted by Gasteiger charge is 2.55. The molecule has 146 valence electrons. The van der Waals surface area contributed by atoms with Gasteiger partial charge in [0.2, 0.25) is 0 Å². The van der Waals surface area contributed by atoms with E-state index in [2.05, 4.69) is 22.5 Å². The lowest BCUT2D eigenvalue weighted by molar-refractivity contribution is -0.145. The molecule has 2 saturated carbocycles. The maximum absolute atomic E-state index is 10.5. The zero-order chi connectivity index (χ0) is 17.0. The molecular formula is C18H34IN3O2S. The van der Waals surface area contributed by atoms with E-state index in [0.29, 0.717) is 18.7 Å². The van der Waals surface area contributed by atoms with Crippen molar-refractivity contribution in [3.8, 4) is 0 Å². The molecule has 0 aromatic rings. The van der Waals surface area contributed by atoms with Crippen LogP contribution in [0.5, 0.6) is 0 Å². The summed E-state index contributed by atoms with van der Waals surface area (Å²) >= 11 is 1.83. The zero-order valence-corrected chi connectivity index (χ0v) is 18.7. The van der Waals surface area contributed by atoms with E-state index in [1.807, 2.05) is 18.8 Å². The van der Waals surface area contributed by atoms with Crippen LogP contribution in [0.4, 0.5) is 0 Å². The molecule has 0 aromatic carbocycles. The smallest absolute Gasteiger partial charge is 0.191 e. The lowest BCUT2D eigenvalue weighted by Gasteiger charge is -2.58. The second-order valence-electron chi connectivity index (χ2n) is 7.62. The molecule has 2 aliphatic carbocycles. The molecule has 0 amide bonds. The average Bonchev–Trinajstić information content (AvgIpc) is 3.04. The highest BCUT2D eigenvalue weighted by molar-refractivity contribution is 14.0. The first-order valence-corrected chi connectivity index (χ1v) is 10.7. The first-order valence-electron chi connectivity index (χ1n) is 9.51. The molecule has 1 saturated heterocycles. The fraction of sp³-hybridized carbons (Fsp3) is 0.944. The van der Waals surface area contributed by atoms with Gasteiger partial charge in [-0.05, 0) is 38.4 Å². The summed E-state index contributed by atoms with van der Waals surface area (Å²) in [5.74, 6) is 2.69. The molecule has 1 heterocycles. The van der Waals surface area contributed by atoms with Gasteiger partial charge in [0.1, 0.15) is 0 Å². The topological polar surface area (TPSA) is 65.9 Å². The molecule has 1 spiro atoms. The predicted molar refractivity (Wildman–Crippen MR) is 116 cm³/mol. The molecular weight excluding hydrogens is 449 g/mol. The molecule has 3 N–H and O–H groups in total. The third-order valence-corrected chi connectivity index (χ3v) is 7.37. The van der Waals surface area contributed by atoms with E-state index in [9.17, 15) is 5.11 Å². The predicted octanol–water partition coefficient (Wildman–Crippen LogP) is 2.77. The second kappa shape index (κ2) is 9.46. The zero-order valence-electron chi connectivity index (χ0n) is 15.6. The molecule has 0 radical (unpaired) electrons. The van der Waals surface area contributed by atoms with Gasteiger partial charge < -0.3 is 20.5 Å². The van der Waals surface area contributed by atoms with Crippen LogP contribution in [0, 0.1) is 5.41 Å². The summed E-state index contributed by atoms with van der Waals surface area (Å²) in [6, 6.07) is 0.438. The summed E-state index contributed by atoms with van der Waals surface area (Å²) in [6.07, 6.45) is 8.81. The van der Waals surface area contributed by atoms with Gasteiger partial charge in [-0.15, -0.1) is 24.0 Å². The first kappa shape index (κ1) is 21.6. The van der Waals surface area contributed by atoms with Gasteiger partial charge in [-0.1, -0.05) is 19.3 Å². The van der Waals surface area contributed by atoms with Crippen molar-refractivity contribution in [3.05, 3.63) is 0 Å². The summed E-state index contributed by atoms with van der Waals surface area (Å²) in [6.45, 7) is 3.48. The number of thioether (sulfide) groups is 1. The quantitative estimate of drug-likeness (QED) is 0.319. The average molecular weight is 483 g/mol. The Morgan fingerprint density at radius 1 is 1.28 bits per heavy atom. The van der Waals surface area contributed by atoms with Crippen molar-refractivity contribution in [2.45, 2.75) is 69.6 Å². The Kier molecular flexibility index (Phi) is 8.16. The highest BCUT2D eigenvalue weighted by atomic mass is 127. The highest BCUT2D eigenvalue weighted by Crippen LogP contribution is 2.53. The molecule has 3 fully saturated rings. The van der Waals surface area contributed by atoms with Gasteiger partial charge in [0.15, 0.2) is 5.96 Å². The van der Waals surface area contributed by atoms with Crippen LogP contribution in [0.1, 0.15) is 51.9 Å². The van der Waals surface area contributed by atoms with Gasteiger partial charge in [-0.25, -0.2) is 0 Å². The Labute approximate surface area is 173 Å². The maximum Gasteiger partial charge on any atom is 0.191 e. The van der Waals surface area contributed by atoms with Crippen molar-refractivity contribution in [2.24, 2.45) is 10.4 Å². The lowest BCUT2D eigenvalue weighted by Crippen LogP contribution is -2.67. The second-order valence-corrected chi connectivity index (χ2v) is 8.73. The van der Waals surface area contributed by atoms with Gasteiger partial charge in [-0.2, -0.15) is 11.8 Å². The van der Waals surface area contributed by atoms with Crippen LogP contribution in [0.3, 0.4) is 0 Å². The summed E-state index contributed by atoms with van der Waals surface area (Å²) < 4.78 is 6.03. The molecule has 3 rings (SSSR count). The van der Waals surface area contributed by atoms with Crippen molar-refractivity contribution < 1.29 is 9.84 Å². The Morgan fingerprint density at radius 2 is 2.04 bits per heavy atom. The molecule has 1 aliphatic heterocycles. The molecule has 5 nitrogen and oxygen atoms in total. The minimum Gasteiger partial charge on any atom is -0.387 e. The molecule has 0 bridgehead atoms. The third-order valence-electron chi connectivity index (χ3n) is 6.14. The number of aliphatic hydroxyl groups is 1. The standard InChI is InChI=1S/C18H33N3O2S.HI/c1-3-23-15-11-14(18(15)7-5-4-6-8-18)21-16(19-2)20-12-17(22)9-10-24-13-17;/h14-15,22H,3-13H2,1-2H3,(H2,19,20,21);1H. The number of guanidine groups is 1. The molecule has 25 heavy (non-hydrogen) atoms. The maximum atomic E-state index is 10.5. The van der Waals surface area contributed by atoms with Gasteiger partial charge in [0.25, 0.3) is 0 Å². The third kappa shape index (κ3) is 4.76. The fourth-order valence-corrected chi connectivity index (χ4v) is 5.90. The van der Waals surface area contributed by atoms with Crippen molar-refractivity contribution in [1.82, 2.24) is 10.6 Å². The van der Waals surface area contributed by atoms with E-state index < -0.39 is 5.60 Å². The van der Waals surface area contributed by atoms with Crippen LogP contribution in [0.2, 0.25) is 0 Å². The van der Waals surface area contributed by atoms with Gasteiger partial charge >= 0.3 is 0 Å². The largest absolute Gasteiger partial charge is 0.387 e. The summed E-state index contributed by atoms with van der Waals surface area (Å²) in [5.41, 5.74) is -0.301. The Hall–Kier alpha value is 0.270. The molecule has 7 heteroatoms. The number of rotatable bonds is 5. The molecule has 3 atom stereocenters. The van der Waals surface area contributed by atoms with E-state index in [1.54, 1.807) is 0 Å². The van der Waals surface area contributed by atoms with Crippen LogP contribution in [0.25, 0.3) is 0 Å².